The number of nitrogens with zero attached hydrogens (tertiary/aromatic N) is 2. The van der Waals surface area contributed by atoms with Gasteiger partial charge < -0.3 is 16.4 Å². The number of hydrogen-bond acceptors (Lipinski definition) is 1. The molecule has 0 amide bonds. The van der Waals surface area contributed by atoms with E-state index in [1.165, 1.54) is 0 Å². The van der Waals surface area contributed by atoms with Crippen molar-refractivity contribution in [3.63, 3.8) is 0 Å². The normalized spacial score (nSPS) is 9.17. The Kier molecular flexibility index (Phi) is 4.83. The fourth-order valence-corrected chi connectivity index (χ4v) is 0.877. The average molecular weight is 171 g/mol. The van der Waals surface area contributed by atoms with E-state index in [1.807, 2.05) is 13.8 Å². The predicted molar refractivity (Wildman–Crippen MR) is 51.1 cm³/mol. The molecule has 5 N–H and O–H groups in total. The summed E-state index contributed by atoms with van der Waals surface area (Å²) in [5.41, 5.74) is 10.3. The van der Waals surface area contributed by atoms with Crippen LogP contribution in [0.5, 0.6) is 0 Å². The van der Waals surface area contributed by atoms with Gasteiger partial charge in [-0.25, -0.2) is 0 Å². The van der Waals surface area contributed by atoms with Crippen LogP contribution < -0.4 is 11.5 Å². The molecule has 0 aliphatic carbocycles. The summed E-state index contributed by atoms with van der Waals surface area (Å²) in [5, 5.41) is 7.46. The molecule has 0 saturated carbocycles. The molecule has 0 spiro atoms. The van der Waals surface area contributed by atoms with Crippen LogP contribution in [0.4, 0.5) is 0 Å². The number of hydrogen-bond donors (Lipinski definition) is 3. The summed E-state index contributed by atoms with van der Waals surface area (Å²) in [6, 6.07) is 0. The fourth-order valence-electron chi connectivity index (χ4n) is 0.877. The van der Waals surface area contributed by atoms with Crippen LogP contribution in [0.15, 0.2) is 4.99 Å². The lowest BCUT2D eigenvalue weighted by Crippen LogP contribution is -2.33. The highest BCUT2D eigenvalue weighted by Gasteiger charge is 2.04. The standard InChI is InChI=1S/C7H17N5/c1-3-5-12(4-2)7(10)11-6(8)9/h3-5H2,1-2H3,(H5,8,9,10,11). The molecule has 0 aliphatic heterocycles. The fraction of sp³-hybridized carbons (Fsp3) is 0.714. The second-order valence-electron chi connectivity index (χ2n) is 2.44. The molecule has 12 heavy (non-hydrogen) atoms. The van der Waals surface area contributed by atoms with Crippen molar-refractivity contribution in [2.45, 2.75) is 20.3 Å². The van der Waals surface area contributed by atoms with Crippen LogP contribution in [-0.2, 0) is 0 Å². The lowest BCUT2D eigenvalue weighted by molar-refractivity contribution is 0.432. The molecule has 0 saturated heterocycles. The first kappa shape index (κ1) is 10.7. The van der Waals surface area contributed by atoms with E-state index in [0.29, 0.717) is 0 Å². The minimum Gasteiger partial charge on any atom is -0.370 e. The molecule has 70 valence electrons. The second kappa shape index (κ2) is 5.40. The minimum absolute atomic E-state index is 0.0606. The molecule has 0 atom stereocenters. The first-order chi connectivity index (χ1) is 5.61. The van der Waals surface area contributed by atoms with Crippen LogP contribution in [0.2, 0.25) is 0 Å². The Bertz CT molecular complexity index is 171. The largest absolute Gasteiger partial charge is 0.370 e. The molecule has 0 heterocycles. The SMILES string of the molecule is CCCN(CC)C(=N)N=C(N)N. The van der Waals surface area contributed by atoms with Crippen molar-refractivity contribution in [2.75, 3.05) is 13.1 Å². The first-order valence-electron chi connectivity index (χ1n) is 4.04. The molecule has 0 radical (unpaired) electrons. The molecule has 0 bridgehead atoms. The summed E-state index contributed by atoms with van der Waals surface area (Å²) in [5.74, 6) is 0.0777. The van der Waals surface area contributed by atoms with Crippen molar-refractivity contribution in [3.05, 3.63) is 0 Å². The van der Waals surface area contributed by atoms with Crippen molar-refractivity contribution in [3.8, 4) is 0 Å². The van der Waals surface area contributed by atoms with Crippen molar-refractivity contribution in [1.82, 2.24) is 4.90 Å². The molecule has 0 fully saturated rings. The zero-order chi connectivity index (χ0) is 9.56. The Balaban J connectivity index is 4.12. The summed E-state index contributed by atoms with van der Waals surface area (Å²) in [6.07, 6.45) is 0.982. The summed E-state index contributed by atoms with van der Waals surface area (Å²) in [6.45, 7) is 5.58. The smallest absolute Gasteiger partial charge is 0.220 e. The number of nitrogens with two attached hydrogens (primary N) is 2. The van der Waals surface area contributed by atoms with Gasteiger partial charge in [-0.15, -0.1) is 0 Å². The van der Waals surface area contributed by atoms with Gasteiger partial charge in [-0.1, -0.05) is 6.92 Å². The first-order valence-corrected chi connectivity index (χ1v) is 4.04. The maximum Gasteiger partial charge on any atom is 0.220 e. The Hall–Kier alpha value is -1.26. The van der Waals surface area contributed by atoms with Crippen molar-refractivity contribution >= 4 is 11.9 Å². The van der Waals surface area contributed by atoms with Crippen molar-refractivity contribution in [1.29, 1.82) is 5.41 Å². The number of rotatable bonds is 3. The van der Waals surface area contributed by atoms with Gasteiger partial charge in [0.15, 0.2) is 5.96 Å². The third kappa shape index (κ3) is 3.80. The van der Waals surface area contributed by atoms with Crippen LogP contribution >= 0.6 is 0 Å². The van der Waals surface area contributed by atoms with Crippen molar-refractivity contribution in [2.24, 2.45) is 16.5 Å². The van der Waals surface area contributed by atoms with Gasteiger partial charge in [0.05, 0.1) is 0 Å². The Morgan fingerprint density at radius 1 is 1.42 bits per heavy atom. The van der Waals surface area contributed by atoms with E-state index in [4.69, 9.17) is 16.9 Å². The second-order valence-corrected chi connectivity index (χ2v) is 2.44. The number of aliphatic imine (C=N–C) groups is 1. The van der Waals surface area contributed by atoms with E-state index < -0.39 is 0 Å². The highest BCUT2D eigenvalue weighted by atomic mass is 15.3. The van der Waals surface area contributed by atoms with Crippen LogP contribution in [-0.4, -0.2) is 29.9 Å². The summed E-state index contributed by atoms with van der Waals surface area (Å²) >= 11 is 0. The van der Waals surface area contributed by atoms with Crippen LogP contribution in [0.3, 0.4) is 0 Å². The average Bonchev–Trinajstić information content (AvgIpc) is 1.98. The zero-order valence-corrected chi connectivity index (χ0v) is 7.67. The highest BCUT2D eigenvalue weighted by molar-refractivity contribution is 5.91. The zero-order valence-electron chi connectivity index (χ0n) is 7.67. The predicted octanol–water partition coefficient (Wildman–Crippen LogP) is -0.0735. The van der Waals surface area contributed by atoms with Gasteiger partial charge in [-0.05, 0) is 13.3 Å². The van der Waals surface area contributed by atoms with E-state index in [1.54, 1.807) is 4.90 Å². The minimum atomic E-state index is -0.0606. The summed E-state index contributed by atoms with van der Waals surface area (Å²) < 4.78 is 0. The monoisotopic (exact) mass is 171 g/mol. The molecule has 0 rings (SSSR count). The number of nitrogens with one attached hydrogen (secondary N) is 1. The van der Waals surface area contributed by atoms with E-state index in [2.05, 4.69) is 4.99 Å². The maximum absolute atomic E-state index is 7.46. The van der Waals surface area contributed by atoms with Gasteiger partial charge in [0.1, 0.15) is 0 Å². The quantitative estimate of drug-likeness (QED) is 0.410. The lowest BCUT2D eigenvalue weighted by Gasteiger charge is -2.19. The van der Waals surface area contributed by atoms with Crippen LogP contribution in [0.25, 0.3) is 0 Å². The Labute approximate surface area is 72.9 Å². The van der Waals surface area contributed by atoms with Gasteiger partial charge in [0, 0.05) is 13.1 Å². The molecule has 0 aliphatic rings. The molecular weight excluding hydrogens is 154 g/mol. The van der Waals surface area contributed by atoms with Crippen LogP contribution in [0.1, 0.15) is 20.3 Å². The Morgan fingerprint density at radius 2 is 2.00 bits per heavy atom. The summed E-state index contributed by atoms with van der Waals surface area (Å²) in [4.78, 5) is 5.45. The Morgan fingerprint density at radius 3 is 2.33 bits per heavy atom. The van der Waals surface area contributed by atoms with Gasteiger partial charge >= 0.3 is 0 Å². The third-order valence-electron chi connectivity index (χ3n) is 1.41. The number of guanidine groups is 2. The highest BCUT2D eigenvalue weighted by Crippen LogP contribution is 1.92. The van der Waals surface area contributed by atoms with E-state index in [9.17, 15) is 0 Å². The maximum atomic E-state index is 7.46. The third-order valence-corrected chi connectivity index (χ3v) is 1.41. The van der Waals surface area contributed by atoms with E-state index in [-0.39, 0.29) is 11.9 Å². The molecule has 0 aromatic rings. The molecular formula is C7H17N5. The van der Waals surface area contributed by atoms with E-state index >= 15 is 0 Å². The van der Waals surface area contributed by atoms with Crippen LogP contribution in [0, 0.1) is 5.41 Å². The molecule has 0 aromatic carbocycles. The van der Waals surface area contributed by atoms with E-state index in [0.717, 1.165) is 19.5 Å². The van der Waals surface area contributed by atoms with Gasteiger partial charge in [0.25, 0.3) is 0 Å². The molecule has 0 aromatic heterocycles. The summed E-state index contributed by atoms with van der Waals surface area (Å²) in [7, 11) is 0. The van der Waals surface area contributed by atoms with Crippen molar-refractivity contribution < 1.29 is 0 Å². The molecule has 5 heteroatoms. The molecule has 5 nitrogen and oxygen atoms in total. The van der Waals surface area contributed by atoms with Gasteiger partial charge in [-0.3, -0.25) is 5.41 Å². The van der Waals surface area contributed by atoms with Gasteiger partial charge in [0.2, 0.25) is 5.96 Å². The lowest BCUT2D eigenvalue weighted by atomic mass is 10.4. The van der Waals surface area contributed by atoms with Gasteiger partial charge in [-0.2, -0.15) is 4.99 Å². The molecule has 0 unspecified atom stereocenters. The topological polar surface area (TPSA) is 91.5 Å².